The molecule has 2 aliphatic heterocycles. The largest absolute Gasteiger partial charge is 0.463 e. The third-order valence-electron chi connectivity index (χ3n) is 7.72. The average Bonchev–Trinajstić information content (AvgIpc) is 2.89. The molecule has 2 saturated heterocycles. The monoisotopic (exact) mass is 542 g/mol. The number of unbranched alkanes of at least 4 members (excludes halogenated alkanes) is 8. The molecule has 0 saturated carbocycles. The first-order valence-corrected chi connectivity index (χ1v) is 15.4. The van der Waals surface area contributed by atoms with Gasteiger partial charge >= 0.3 is 11.9 Å². The molecular formula is C30H54O8. The molecule has 2 rings (SSSR count). The van der Waals surface area contributed by atoms with Crippen molar-refractivity contribution in [3.8, 4) is 0 Å². The third-order valence-corrected chi connectivity index (χ3v) is 7.72. The lowest BCUT2D eigenvalue weighted by Crippen LogP contribution is -2.61. The molecule has 0 amide bonds. The highest BCUT2D eigenvalue weighted by Crippen LogP contribution is 2.28. The number of carbonyl (C=O) groups excluding carboxylic acids is 2. The summed E-state index contributed by atoms with van der Waals surface area (Å²) in [5, 5.41) is 21.4. The molecule has 8 nitrogen and oxygen atoms in total. The van der Waals surface area contributed by atoms with Crippen LogP contribution in [0.1, 0.15) is 136 Å². The molecule has 0 spiro atoms. The van der Waals surface area contributed by atoms with Crippen LogP contribution in [0.3, 0.4) is 0 Å². The van der Waals surface area contributed by atoms with E-state index in [0.717, 1.165) is 70.6 Å². The predicted octanol–water partition coefficient (Wildman–Crippen LogP) is 5.74. The SMILES string of the molecule is CCCCCCCCCCC[C@@H]1CCCCCCCCCC(=O)OC[C@H]2O[C@@H](O1)[C@H](OC(C)=O)[C@@H](O)[C@@H]2O. The second-order valence-electron chi connectivity index (χ2n) is 11.2. The van der Waals surface area contributed by atoms with Crippen LogP contribution < -0.4 is 0 Å². The summed E-state index contributed by atoms with van der Waals surface area (Å²) in [7, 11) is 0. The van der Waals surface area contributed by atoms with E-state index in [9.17, 15) is 19.8 Å². The normalized spacial score (nSPS) is 30.3. The molecule has 8 heteroatoms. The van der Waals surface area contributed by atoms with Crippen molar-refractivity contribution in [3.05, 3.63) is 0 Å². The molecule has 0 aromatic heterocycles. The number of aliphatic hydroxyl groups is 2. The van der Waals surface area contributed by atoms with Crippen LogP contribution in [0.5, 0.6) is 0 Å². The zero-order chi connectivity index (χ0) is 27.6. The van der Waals surface area contributed by atoms with Gasteiger partial charge in [0.25, 0.3) is 0 Å². The van der Waals surface area contributed by atoms with Gasteiger partial charge in [0.15, 0.2) is 12.4 Å². The van der Waals surface area contributed by atoms with Crippen molar-refractivity contribution < 1.29 is 38.7 Å². The topological polar surface area (TPSA) is 112 Å². The average molecular weight is 543 g/mol. The number of hydrogen-bond donors (Lipinski definition) is 2. The number of aliphatic hydroxyl groups excluding tert-OH is 2. The zero-order valence-electron chi connectivity index (χ0n) is 24.0. The number of fused-ring (bicyclic) bond motifs is 2. The van der Waals surface area contributed by atoms with Crippen molar-refractivity contribution in [1.82, 2.24) is 0 Å². The van der Waals surface area contributed by atoms with Crippen molar-refractivity contribution in [3.63, 3.8) is 0 Å². The predicted molar refractivity (Wildman–Crippen MR) is 145 cm³/mol. The smallest absolute Gasteiger partial charge is 0.305 e. The number of esters is 2. The lowest BCUT2D eigenvalue weighted by atomic mass is 9.98. The molecule has 2 fully saturated rings. The molecule has 6 atom stereocenters. The van der Waals surface area contributed by atoms with Crippen LogP contribution >= 0.6 is 0 Å². The number of cyclic esters (lactones) is 1. The standard InChI is InChI=1S/C30H54O8/c1-3-4-5-6-7-8-10-13-16-19-24-20-17-14-11-9-12-15-18-21-26(32)35-22-25-27(33)28(34)29(36-23(2)31)30(37-24)38-25/h24-25,27-30,33-34H,3-22H2,1-2H3/t24-,25-,27-,28+,29-,30-/m1/s1. The minimum Gasteiger partial charge on any atom is -0.463 e. The van der Waals surface area contributed by atoms with Gasteiger partial charge in [-0.3, -0.25) is 9.59 Å². The first-order chi connectivity index (χ1) is 18.4. The fourth-order valence-electron chi connectivity index (χ4n) is 5.39. The maximum absolute atomic E-state index is 12.2. The Morgan fingerprint density at radius 1 is 0.842 bits per heavy atom. The molecule has 0 radical (unpaired) electrons. The van der Waals surface area contributed by atoms with E-state index in [-0.39, 0.29) is 18.7 Å². The number of rotatable bonds is 11. The van der Waals surface area contributed by atoms with Crippen molar-refractivity contribution in [2.24, 2.45) is 0 Å². The number of hydrogen-bond acceptors (Lipinski definition) is 8. The van der Waals surface area contributed by atoms with Crippen LogP contribution in [-0.4, -0.2) is 65.6 Å². The zero-order valence-corrected chi connectivity index (χ0v) is 24.0. The Labute approximate surface area is 230 Å². The molecule has 0 aromatic rings. The minimum atomic E-state index is -1.41. The van der Waals surface area contributed by atoms with Gasteiger partial charge in [0.05, 0.1) is 6.10 Å². The highest BCUT2D eigenvalue weighted by molar-refractivity contribution is 5.69. The van der Waals surface area contributed by atoms with Crippen molar-refractivity contribution >= 4 is 11.9 Å². The Bertz CT molecular complexity index is 642. The first-order valence-electron chi connectivity index (χ1n) is 15.4. The highest BCUT2D eigenvalue weighted by Gasteiger charge is 2.48. The molecule has 0 aromatic carbocycles. The first kappa shape index (κ1) is 33.0. The summed E-state index contributed by atoms with van der Waals surface area (Å²) in [5.74, 6) is -0.931. The molecule has 2 N–H and O–H groups in total. The van der Waals surface area contributed by atoms with Crippen LogP contribution in [0.15, 0.2) is 0 Å². The van der Waals surface area contributed by atoms with E-state index >= 15 is 0 Å². The number of ether oxygens (including phenoxy) is 4. The van der Waals surface area contributed by atoms with Crippen LogP contribution in [0.4, 0.5) is 0 Å². The van der Waals surface area contributed by atoms with Gasteiger partial charge < -0.3 is 29.2 Å². The fourth-order valence-corrected chi connectivity index (χ4v) is 5.39. The second kappa shape index (κ2) is 19.8. The van der Waals surface area contributed by atoms with Gasteiger partial charge in [-0.1, -0.05) is 103 Å². The molecule has 2 bridgehead atoms. The van der Waals surface area contributed by atoms with Gasteiger partial charge in [-0.25, -0.2) is 0 Å². The van der Waals surface area contributed by atoms with E-state index < -0.39 is 36.7 Å². The summed E-state index contributed by atoms with van der Waals surface area (Å²) in [6.45, 7) is 3.31. The van der Waals surface area contributed by atoms with E-state index in [1.807, 2.05) is 0 Å². The van der Waals surface area contributed by atoms with Crippen molar-refractivity contribution in [1.29, 1.82) is 0 Å². The van der Waals surface area contributed by atoms with E-state index in [1.165, 1.54) is 51.9 Å². The Balaban J connectivity index is 2.00. The lowest BCUT2D eigenvalue weighted by molar-refractivity contribution is -0.315. The summed E-state index contributed by atoms with van der Waals surface area (Å²) < 4.78 is 23.1. The van der Waals surface area contributed by atoms with Crippen LogP contribution in [0.25, 0.3) is 0 Å². The fraction of sp³-hybridized carbons (Fsp3) is 0.933. The molecule has 2 aliphatic rings. The third kappa shape index (κ3) is 13.2. The van der Waals surface area contributed by atoms with E-state index in [1.54, 1.807) is 0 Å². The van der Waals surface area contributed by atoms with Gasteiger partial charge in [-0.15, -0.1) is 0 Å². The molecule has 0 unspecified atom stereocenters. The van der Waals surface area contributed by atoms with E-state index in [2.05, 4.69) is 6.92 Å². The lowest BCUT2D eigenvalue weighted by Gasteiger charge is -2.42. The summed E-state index contributed by atoms with van der Waals surface area (Å²) in [4.78, 5) is 24.0. The van der Waals surface area contributed by atoms with Crippen LogP contribution in [0, 0.1) is 0 Å². The Morgan fingerprint density at radius 2 is 1.45 bits per heavy atom. The molecule has 38 heavy (non-hydrogen) atoms. The van der Waals surface area contributed by atoms with Gasteiger partial charge in [0.2, 0.25) is 0 Å². The summed E-state index contributed by atoms with van der Waals surface area (Å²) in [6.07, 6.45) is 14.5. The van der Waals surface area contributed by atoms with Crippen molar-refractivity contribution in [2.45, 2.75) is 173 Å². The van der Waals surface area contributed by atoms with Crippen molar-refractivity contribution in [2.75, 3.05) is 6.61 Å². The maximum atomic E-state index is 12.2. The molecular weight excluding hydrogens is 488 g/mol. The van der Waals surface area contributed by atoms with Gasteiger partial charge in [-0.2, -0.15) is 0 Å². The quantitative estimate of drug-likeness (QED) is 0.251. The van der Waals surface area contributed by atoms with Crippen LogP contribution in [-0.2, 0) is 28.5 Å². The number of carbonyl (C=O) groups is 2. The minimum absolute atomic E-state index is 0.107. The Morgan fingerprint density at radius 3 is 2.11 bits per heavy atom. The highest BCUT2D eigenvalue weighted by atomic mass is 16.7. The van der Waals surface area contributed by atoms with Gasteiger partial charge in [0.1, 0.15) is 24.9 Å². The van der Waals surface area contributed by atoms with Gasteiger partial charge in [0, 0.05) is 13.3 Å². The molecule has 222 valence electrons. The summed E-state index contributed by atoms with van der Waals surface area (Å²) in [5.41, 5.74) is 0. The summed E-state index contributed by atoms with van der Waals surface area (Å²) in [6, 6.07) is 0. The maximum Gasteiger partial charge on any atom is 0.305 e. The van der Waals surface area contributed by atoms with Gasteiger partial charge in [-0.05, 0) is 19.3 Å². The van der Waals surface area contributed by atoms with E-state index in [0.29, 0.717) is 6.42 Å². The van der Waals surface area contributed by atoms with E-state index in [4.69, 9.17) is 18.9 Å². The summed E-state index contributed by atoms with van der Waals surface area (Å²) >= 11 is 0. The Kier molecular flexibility index (Phi) is 17.2. The molecule has 2 heterocycles. The Hall–Kier alpha value is -1.22. The second-order valence-corrected chi connectivity index (χ2v) is 11.2. The molecule has 0 aliphatic carbocycles. The van der Waals surface area contributed by atoms with Crippen LogP contribution in [0.2, 0.25) is 0 Å².